The lowest BCUT2D eigenvalue weighted by Gasteiger charge is -2.38. The first-order valence-electron chi connectivity index (χ1n) is 6.25. The predicted molar refractivity (Wildman–Crippen MR) is 77.7 cm³/mol. The Kier molecular flexibility index (Phi) is 6.38. The molecule has 0 aliphatic rings. The summed E-state index contributed by atoms with van der Waals surface area (Å²) < 4.78 is 6.22. The molecule has 0 heterocycles. The maximum atomic E-state index is 9.46. The Morgan fingerprint density at radius 2 is 1.71 bits per heavy atom. The second-order valence-electron chi connectivity index (χ2n) is 6.03. The van der Waals surface area contributed by atoms with E-state index in [0.717, 1.165) is 6.42 Å². The van der Waals surface area contributed by atoms with Crippen LogP contribution < -0.4 is 0 Å². The van der Waals surface area contributed by atoms with Crippen LogP contribution >= 0.6 is 0 Å². The van der Waals surface area contributed by atoms with Gasteiger partial charge in [0.15, 0.2) is 8.32 Å². The van der Waals surface area contributed by atoms with Crippen molar-refractivity contribution in [1.82, 2.24) is 0 Å². The second kappa shape index (κ2) is 6.52. The fourth-order valence-corrected chi connectivity index (χ4v) is 2.56. The molecular weight excluding hydrogens is 228 g/mol. The Morgan fingerprint density at radius 3 is 2.06 bits per heavy atom. The van der Waals surface area contributed by atoms with E-state index in [9.17, 15) is 5.11 Å². The van der Waals surface area contributed by atoms with E-state index in [0.29, 0.717) is 6.42 Å². The van der Waals surface area contributed by atoms with Gasteiger partial charge in [-0.15, -0.1) is 13.2 Å². The molecule has 0 bridgehead atoms. The topological polar surface area (TPSA) is 29.5 Å². The quantitative estimate of drug-likeness (QED) is 0.553. The van der Waals surface area contributed by atoms with Crippen molar-refractivity contribution >= 4 is 8.32 Å². The molecule has 3 heteroatoms. The molecule has 0 fully saturated rings. The molecule has 2 unspecified atom stereocenters. The minimum Gasteiger partial charge on any atom is -0.411 e. The normalized spacial score (nSPS) is 16.4. The third kappa shape index (κ3) is 5.66. The summed E-state index contributed by atoms with van der Waals surface area (Å²) in [5.41, 5.74) is 0. The molecule has 2 atom stereocenters. The number of hydrogen-bond donors (Lipinski definition) is 1. The summed E-state index contributed by atoms with van der Waals surface area (Å²) in [6.07, 6.45) is 4.46. The first kappa shape index (κ1) is 16.6. The van der Waals surface area contributed by atoms with Gasteiger partial charge < -0.3 is 9.53 Å². The SMILES string of the molecule is C=CC(O)CCC(C=C)O[Si](C)(C)C(C)(C)C. The highest BCUT2D eigenvalue weighted by Gasteiger charge is 2.38. The number of aliphatic hydroxyl groups excluding tert-OH is 1. The Hall–Kier alpha value is -0.383. The smallest absolute Gasteiger partial charge is 0.192 e. The van der Waals surface area contributed by atoms with Gasteiger partial charge in [-0.1, -0.05) is 32.9 Å². The van der Waals surface area contributed by atoms with Crippen molar-refractivity contribution in [2.24, 2.45) is 0 Å². The molecular formula is C14H28O2Si. The van der Waals surface area contributed by atoms with Gasteiger partial charge in [-0.2, -0.15) is 0 Å². The fraction of sp³-hybridized carbons (Fsp3) is 0.714. The molecule has 0 radical (unpaired) electrons. The van der Waals surface area contributed by atoms with Crippen LogP contribution in [-0.4, -0.2) is 25.6 Å². The van der Waals surface area contributed by atoms with Crippen molar-refractivity contribution in [2.75, 3.05) is 0 Å². The van der Waals surface area contributed by atoms with E-state index >= 15 is 0 Å². The molecule has 0 aromatic carbocycles. The molecule has 0 spiro atoms. The van der Waals surface area contributed by atoms with E-state index in [-0.39, 0.29) is 11.1 Å². The first-order chi connectivity index (χ1) is 7.64. The molecule has 0 aliphatic carbocycles. The zero-order valence-electron chi connectivity index (χ0n) is 12.0. The van der Waals surface area contributed by atoms with E-state index in [1.165, 1.54) is 0 Å². The third-order valence-corrected chi connectivity index (χ3v) is 8.04. The summed E-state index contributed by atoms with van der Waals surface area (Å²) in [4.78, 5) is 0. The fourth-order valence-electron chi connectivity index (χ4n) is 1.23. The Balaban J connectivity index is 4.40. The molecule has 0 aromatic heterocycles. The third-order valence-electron chi connectivity index (χ3n) is 3.53. The van der Waals surface area contributed by atoms with Crippen LogP contribution in [0.4, 0.5) is 0 Å². The summed E-state index contributed by atoms with van der Waals surface area (Å²) >= 11 is 0. The molecule has 2 nitrogen and oxygen atoms in total. The lowest BCUT2D eigenvalue weighted by Crippen LogP contribution is -2.43. The van der Waals surface area contributed by atoms with Gasteiger partial charge in [-0.3, -0.25) is 0 Å². The highest BCUT2D eigenvalue weighted by Crippen LogP contribution is 2.37. The average Bonchev–Trinajstić information content (AvgIpc) is 2.21. The van der Waals surface area contributed by atoms with Crippen molar-refractivity contribution in [3.05, 3.63) is 25.3 Å². The van der Waals surface area contributed by atoms with Crippen LogP contribution in [0.2, 0.25) is 18.1 Å². The number of rotatable bonds is 7. The number of aliphatic hydroxyl groups is 1. The largest absolute Gasteiger partial charge is 0.411 e. The van der Waals surface area contributed by atoms with Crippen LogP contribution in [-0.2, 0) is 4.43 Å². The van der Waals surface area contributed by atoms with Crippen molar-refractivity contribution < 1.29 is 9.53 Å². The van der Waals surface area contributed by atoms with Crippen LogP contribution in [0, 0.1) is 0 Å². The standard InChI is InChI=1S/C14H28O2Si/c1-8-12(15)10-11-13(9-2)16-17(6,7)14(3,4)5/h8-9,12-13,15H,1-2,10-11H2,3-7H3. The number of hydrogen-bond acceptors (Lipinski definition) is 2. The van der Waals surface area contributed by atoms with Gasteiger partial charge in [0.25, 0.3) is 0 Å². The van der Waals surface area contributed by atoms with Crippen molar-refractivity contribution in [3.8, 4) is 0 Å². The van der Waals surface area contributed by atoms with Gasteiger partial charge in [0.2, 0.25) is 0 Å². The second-order valence-corrected chi connectivity index (χ2v) is 10.8. The van der Waals surface area contributed by atoms with Gasteiger partial charge >= 0.3 is 0 Å². The summed E-state index contributed by atoms with van der Waals surface area (Å²) in [5, 5.41) is 9.66. The van der Waals surface area contributed by atoms with Crippen LogP contribution in [0.25, 0.3) is 0 Å². The Morgan fingerprint density at radius 1 is 1.18 bits per heavy atom. The van der Waals surface area contributed by atoms with Crippen LogP contribution in [0.5, 0.6) is 0 Å². The Bertz CT molecular complexity index is 253. The summed E-state index contributed by atoms with van der Waals surface area (Å²) in [6, 6.07) is 0. The highest BCUT2D eigenvalue weighted by atomic mass is 28.4. The van der Waals surface area contributed by atoms with Gasteiger partial charge in [-0.25, -0.2) is 0 Å². The molecule has 100 valence electrons. The Labute approximate surface area is 108 Å². The molecule has 0 saturated heterocycles. The van der Waals surface area contributed by atoms with Gasteiger partial charge in [0, 0.05) is 0 Å². The maximum absolute atomic E-state index is 9.46. The molecule has 0 saturated carbocycles. The highest BCUT2D eigenvalue weighted by molar-refractivity contribution is 6.74. The van der Waals surface area contributed by atoms with Gasteiger partial charge in [0.05, 0.1) is 12.2 Å². The first-order valence-corrected chi connectivity index (χ1v) is 9.16. The lowest BCUT2D eigenvalue weighted by molar-refractivity contribution is 0.166. The molecule has 0 aromatic rings. The van der Waals surface area contributed by atoms with E-state index in [1.54, 1.807) is 6.08 Å². The lowest BCUT2D eigenvalue weighted by atomic mass is 10.1. The summed E-state index contributed by atoms with van der Waals surface area (Å²) in [6.45, 7) is 18.5. The zero-order valence-corrected chi connectivity index (χ0v) is 13.0. The minimum absolute atomic E-state index is 0.0329. The van der Waals surface area contributed by atoms with Crippen molar-refractivity contribution in [1.29, 1.82) is 0 Å². The molecule has 0 aliphatic heterocycles. The van der Waals surface area contributed by atoms with E-state index < -0.39 is 14.4 Å². The zero-order chi connectivity index (χ0) is 13.7. The van der Waals surface area contributed by atoms with Crippen molar-refractivity contribution in [2.45, 2.75) is 64.0 Å². The molecule has 1 N–H and O–H groups in total. The van der Waals surface area contributed by atoms with E-state index in [4.69, 9.17) is 4.43 Å². The van der Waals surface area contributed by atoms with E-state index in [1.807, 2.05) is 6.08 Å². The molecule has 0 amide bonds. The van der Waals surface area contributed by atoms with E-state index in [2.05, 4.69) is 47.0 Å². The minimum atomic E-state index is -1.75. The monoisotopic (exact) mass is 256 g/mol. The van der Waals surface area contributed by atoms with Gasteiger partial charge in [0.1, 0.15) is 0 Å². The van der Waals surface area contributed by atoms with Gasteiger partial charge in [-0.05, 0) is 31.0 Å². The van der Waals surface area contributed by atoms with Crippen LogP contribution in [0.15, 0.2) is 25.3 Å². The predicted octanol–water partition coefficient (Wildman–Crippen LogP) is 3.89. The average molecular weight is 256 g/mol. The van der Waals surface area contributed by atoms with Crippen molar-refractivity contribution in [3.63, 3.8) is 0 Å². The summed E-state index contributed by atoms with van der Waals surface area (Å²) in [5.74, 6) is 0. The molecule has 17 heavy (non-hydrogen) atoms. The maximum Gasteiger partial charge on any atom is 0.192 e. The van der Waals surface area contributed by atoms with Crippen LogP contribution in [0.3, 0.4) is 0 Å². The van der Waals surface area contributed by atoms with Crippen LogP contribution in [0.1, 0.15) is 33.6 Å². The summed E-state index contributed by atoms with van der Waals surface area (Å²) in [7, 11) is -1.75. The molecule has 0 rings (SSSR count).